The SMILES string of the molecule is CCCCC1CN(Cc2ccccc2)CC1C(=O)OCC. The number of carbonyl (C=O) groups excluding carboxylic acids is 1. The Bertz CT molecular complexity index is 432. The van der Waals surface area contributed by atoms with Gasteiger partial charge in [0.1, 0.15) is 0 Å². The minimum absolute atomic E-state index is 0.00540. The van der Waals surface area contributed by atoms with E-state index in [0.717, 1.165) is 26.1 Å². The first-order valence-corrected chi connectivity index (χ1v) is 8.17. The van der Waals surface area contributed by atoms with Crippen molar-refractivity contribution in [2.75, 3.05) is 19.7 Å². The topological polar surface area (TPSA) is 29.5 Å². The van der Waals surface area contributed by atoms with Crippen molar-refractivity contribution in [2.45, 2.75) is 39.7 Å². The number of likely N-dealkylation sites (tertiary alicyclic amines) is 1. The lowest BCUT2D eigenvalue weighted by molar-refractivity contribution is -0.148. The number of hydrogen-bond donors (Lipinski definition) is 0. The van der Waals surface area contributed by atoms with Crippen LogP contribution in [-0.2, 0) is 16.1 Å². The van der Waals surface area contributed by atoms with Crippen LogP contribution in [0.15, 0.2) is 30.3 Å². The van der Waals surface area contributed by atoms with Crippen molar-refractivity contribution < 1.29 is 9.53 Å². The molecule has 2 atom stereocenters. The van der Waals surface area contributed by atoms with Gasteiger partial charge in [-0.3, -0.25) is 9.69 Å². The number of rotatable bonds is 7. The third-order valence-corrected chi connectivity index (χ3v) is 4.28. The molecule has 116 valence electrons. The van der Waals surface area contributed by atoms with Crippen molar-refractivity contribution >= 4 is 5.97 Å². The first-order chi connectivity index (χ1) is 10.2. The van der Waals surface area contributed by atoms with Gasteiger partial charge in [0, 0.05) is 19.6 Å². The first-order valence-electron chi connectivity index (χ1n) is 8.17. The van der Waals surface area contributed by atoms with Crippen LogP contribution in [-0.4, -0.2) is 30.6 Å². The molecule has 2 rings (SSSR count). The second-order valence-corrected chi connectivity index (χ2v) is 5.94. The number of nitrogens with zero attached hydrogens (tertiary/aromatic N) is 1. The zero-order valence-corrected chi connectivity index (χ0v) is 13.3. The van der Waals surface area contributed by atoms with Crippen molar-refractivity contribution in [3.63, 3.8) is 0 Å². The number of ether oxygens (including phenoxy) is 1. The number of carbonyl (C=O) groups is 1. The molecule has 3 nitrogen and oxygen atoms in total. The number of benzene rings is 1. The standard InChI is InChI=1S/C18H27NO2/c1-3-5-11-16-13-19(12-15-9-7-6-8-10-15)14-17(16)18(20)21-4-2/h6-10,16-17H,3-5,11-14H2,1-2H3. The van der Waals surface area contributed by atoms with E-state index < -0.39 is 0 Å². The summed E-state index contributed by atoms with van der Waals surface area (Å²) in [5.41, 5.74) is 1.32. The fraction of sp³-hybridized carbons (Fsp3) is 0.611. The summed E-state index contributed by atoms with van der Waals surface area (Å²) in [5, 5.41) is 0. The van der Waals surface area contributed by atoms with Crippen LogP contribution in [0, 0.1) is 11.8 Å². The van der Waals surface area contributed by atoms with Crippen LogP contribution in [0.5, 0.6) is 0 Å². The Balaban J connectivity index is 1.97. The van der Waals surface area contributed by atoms with E-state index in [0.29, 0.717) is 12.5 Å². The highest BCUT2D eigenvalue weighted by Crippen LogP contribution is 2.30. The minimum atomic E-state index is -0.00540. The van der Waals surface area contributed by atoms with Gasteiger partial charge in [0.2, 0.25) is 0 Å². The zero-order valence-electron chi connectivity index (χ0n) is 13.3. The molecule has 1 aliphatic rings. The molecule has 0 amide bonds. The van der Waals surface area contributed by atoms with Gasteiger partial charge < -0.3 is 4.74 Å². The van der Waals surface area contributed by atoms with E-state index in [1.807, 2.05) is 13.0 Å². The highest BCUT2D eigenvalue weighted by molar-refractivity contribution is 5.73. The minimum Gasteiger partial charge on any atom is -0.466 e. The summed E-state index contributed by atoms with van der Waals surface area (Å²) in [6.07, 6.45) is 3.51. The summed E-state index contributed by atoms with van der Waals surface area (Å²) in [6.45, 7) is 7.35. The van der Waals surface area contributed by atoms with E-state index in [9.17, 15) is 4.79 Å². The van der Waals surface area contributed by atoms with E-state index in [2.05, 4.69) is 36.1 Å². The van der Waals surface area contributed by atoms with E-state index >= 15 is 0 Å². The van der Waals surface area contributed by atoms with Crippen LogP contribution in [0.25, 0.3) is 0 Å². The highest BCUT2D eigenvalue weighted by atomic mass is 16.5. The van der Waals surface area contributed by atoms with Crippen molar-refractivity contribution in [2.24, 2.45) is 11.8 Å². The van der Waals surface area contributed by atoms with Gasteiger partial charge >= 0.3 is 5.97 Å². The maximum absolute atomic E-state index is 12.2. The molecule has 0 spiro atoms. The molecule has 0 N–H and O–H groups in total. The summed E-state index contributed by atoms with van der Waals surface area (Å²) in [7, 11) is 0. The first kappa shape index (κ1) is 16.0. The van der Waals surface area contributed by atoms with Crippen LogP contribution >= 0.6 is 0 Å². The van der Waals surface area contributed by atoms with E-state index in [-0.39, 0.29) is 11.9 Å². The average Bonchev–Trinajstić information content (AvgIpc) is 2.89. The van der Waals surface area contributed by atoms with Crippen molar-refractivity contribution in [1.82, 2.24) is 4.90 Å². The third-order valence-electron chi connectivity index (χ3n) is 4.28. The van der Waals surface area contributed by atoms with Crippen molar-refractivity contribution in [1.29, 1.82) is 0 Å². The Kier molecular flexibility index (Phi) is 6.24. The van der Waals surface area contributed by atoms with Crippen LogP contribution in [0.2, 0.25) is 0 Å². The molecule has 21 heavy (non-hydrogen) atoms. The molecule has 2 unspecified atom stereocenters. The maximum atomic E-state index is 12.2. The molecule has 0 bridgehead atoms. The van der Waals surface area contributed by atoms with E-state index in [1.54, 1.807) is 0 Å². The van der Waals surface area contributed by atoms with Gasteiger partial charge in [0.15, 0.2) is 0 Å². The van der Waals surface area contributed by atoms with Crippen LogP contribution in [0.4, 0.5) is 0 Å². The van der Waals surface area contributed by atoms with Gasteiger partial charge in [-0.2, -0.15) is 0 Å². The second-order valence-electron chi connectivity index (χ2n) is 5.94. The van der Waals surface area contributed by atoms with Crippen LogP contribution in [0.1, 0.15) is 38.7 Å². The number of esters is 1. The second kappa shape index (κ2) is 8.18. The van der Waals surface area contributed by atoms with Crippen LogP contribution < -0.4 is 0 Å². The maximum Gasteiger partial charge on any atom is 0.310 e. The lowest BCUT2D eigenvalue weighted by atomic mass is 9.91. The Morgan fingerprint density at radius 1 is 1.24 bits per heavy atom. The predicted molar refractivity (Wildman–Crippen MR) is 84.9 cm³/mol. The van der Waals surface area contributed by atoms with Gasteiger partial charge in [-0.25, -0.2) is 0 Å². The third kappa shape index (κ3) is 4.57. The van der Waals surface area contributed by atoms with Crippen molar-refractivity contribution in [3.05, 3.63) is 35.9 Å². The Hall–Kier alpha value is -1.35. The van der Waals surface area contributed by atoms with Gasteiger partial charge in [0.25, 0.3) is 0 Å². The van der Waals surface area contributed by atoms with Gasteiger partial charge in [-0.05, 0) is 24.8 Å². The van der Waals surface area contributed by atoms with Gasteiger partial charge in [0.05, 0.1) is 12.5 Å². The molecule has 3 heteroatoms. The van der Waals surface area contributed by atoms with E-state index in [1.165, 1.54) is 18.4 Å². The molecule has 0 radical (unpaired) electrons. The number of hydrogen-bond acceptors (Lipinski definition) is 3. The van der Waals surface area contributed by atoms with Gasteiger partial charge in [-0.1, -0.05) is 50.1 Å². The Morgan fingerprint density at radius 2 is 2.00 bits per heavy atom. The fourth-order valence-corrected chi connectivity index (χ4v) is 3.21. The summed E-state index contributed by atoms with van der Waals surface area (Å²) >= 11 is 0. The predicted octanol–water partition coefficient (Wildman–Crippen LogP) is 3.49. The van der Waals surface area contributed by atoms with Gasteiger partial charge in [-0.15, -0.1) is 0 Å². The summed E-state index contributed by atoms with van der Waals surface area (Å²) in [6, 6.07) is 10.5. The quantitative estimate of drug-likeness (QED) is 0.720. The highest BCUT2D eigenvalue weighted by Gasteiger charge is 2.37. The molecule has 0 aliphatic carbocycles. The average molecular weight is 289 g/mol. The molecule has 1 fully saturated rings. The monoisotopic (exact) mass is 289 g/mol. The van der Waals surface area contributed by atoms with Crippen molar-refractivity contribution in [3.8, 4) is 0 Å². The molecule has 1 aromatic rings. The zero-order chi connectivity index (χ0) is 15.1. The Labute approximate surface area is 128 Å². The molecule has 1 aliphatic heterocycles. The largest absolute Gasteiger partial charge is 0.466 e. The molecular formula is C18H27NO2. The van der Waals surface area contributed by atoms with E-state index in [4.69, 9.17) is 4.74 Å². The molecule has 1 saturated heterocycles. The summed E-state index contributed by atoms with van der Waals surface area (Å²) in [5.74, 6) is 0.502. The molecule has 0 saturated carbocycles. The summed E-state index contributed by atoms with van der Waals surface area (Å²) in [4.78, 5) is 14.6. The fourth-order valence-electron chi connectivity index (χ4n) is 3.21. The lowest BCUT2D eigenvalue weighted by Crippen LogP contribution is -2.25. The summed E-state index contributed by atoms with van der Waals surface area (Å²) < 4.78 is 5.27. The number of unbranched alkanes of at least 4 members (excludes halogenated alkanes) is 1. The Morgan fingerprint density at radius 3 is 2.67 bits per heavy atom. The molecular weight excluding hydrogens is 262 g/mol. The van der Waals surface area contributed by atoms with Crippen LogP contribution in [0.3, 0.4) is 0 Å². The normalized spacial score (nSPS) is 22.4. The smallest absolute Gasteiger partial charge is 0.310 e. The lowest BCUT2D eigenvalue weighted by Gasteiger charge is -2.16. The molecule has 0 aromatic heterocycles. The molecule has 1 aromatic carbocycles. The molecule has 1 heterocycles.